The van der Waals surface area contributed by atoms with Crippen LogP contribution in [0.1, 0.15) is 27.8 Å². The van der Waals surface area contributed by atoms with Crippen LogP contribution in [0, 0.1) is 0 Å². The predicted molar refractivity (Wildman–Crippen MR) is 95.7 cm³/mol. The number of nitrogens with one attached hydrogen (secondary N) is 2. The summed E-state index contributed by atoms with van der Waals surface area (Å²) in [5.41, 5.74) is 0.921. The van der Waals surface area contributed by atoms with Crippen molar-refractivity contribution < 1.29 is 19.4 Å². The van der Waals surface area contributed by atoms with E-state index in [0.29, 0.717) is 17.9 Å². The number of amides is 2. The SMILES string of the molecule is CCO[C@H](CNC(=O)c1ccnn1C)[C@@H](O)CNC(=O)c1ccccc1. The van der Waals surface area contributed by atoms with Crippen LogP contribution >= 0.6 is 0 Å². The molecule has 2 atom stereocenters. The van der Waals surface area contributed by atoms with Crippen molar-refractivity contribution in [3.05, 3.63) is 53.9 Å². The Balaban J connectivity index is 1.86. The number of carbonyl (C=O) groups excluding carboxylic acids is 2. The first-order valence-electron chi connectivity index (χ1n) is 8.42. The highest BCUT2D eigenvalue weighted by Crippen LogP contribution is 2.02. The lowest BCUT2D eigenvalue weighted by molar-refractivity contribution is -0.0287. The Kier molecular flexibility index (Phi) is 7.31. The second-order valence-electron chi connectivity index (χ2n) is 5.69. The van der Waals surface area contributed by atoms with Crippen LogP contribution in [0.2, 0.25) is 0 Å². The monoisotopic (exact) mass is 360 g/mol. The van der Waals surface area contributed by atoms with Crippen LogP contribution in [-0.4, -0.2) is 58.6 Å². The van der Waals surface area contributed by atoms with Crippen molar-refractivity contribution in [1.82, 2.24) is 20.4 Å². The summed E-state index contributed by atoms with van der Waals surface area (Å²) in [6.45, 7) is 2.29. The molecule has 140 valence electrons. The zero-order valence-electron chi connectivity index (χ0n) is 14.9. The number of nitrogens with zero attached hydrogens (tertiary/aromatic N) is 2. The van der Waals surface area contributed by atoms with Gasteiger partial charge in [0, 0.05) is 38.5 Å². The van der Waals surface area contributed by atoms with Gasteiger partial charge in [-0.2, -0.15) is 5.10 Å². The normalized spacial score (nSPS) is 13.0. The third kappa shape index (κ3) is 5.40. The van der Waals surface area contributed by atoms with E-state index in [0.717, 1.165) is 0 Å². The fraction of sp³-hybridized carbons (Fsp3) is 0.389. The largest absolute Gasteiger partial charge is 0.388 e. The Morgan fingerprint density at radius 3 is 2.46 bits per heavy atom. The second-order valence-corrected chi connectivity index (χ2v) is 5.69. The van der Waals surface area contributed by atoms with E-state index in [1.54, 1.807) is 44.3 Å². The van der Waals surface area contributed by atoms with Crippen molar-refractivity contribution in [3.63, 3.8) is 0 Å². The summed E-state index contributed by atoms with van der Waals surface area (Å²) in [4.78, 5) is 24.2. The molecule has 1 heterocycles. The highest BCUT2D eigenvalue weighted by Gasteiger charge is 2.22. The molecule has 2 amide bonds. The molecule has 0 aliphatic rings. The van der Waals surface area contributed by atoms with E-state index in [9.17, 15) is 14.7 Å². The van der Waals surface area contributed by atoms with Crippen molar-refractivity contribution >= 4 is 11.8 Å². The van der Waals surface area contributed by atoms with Gasteiger partial charge in [0.2, 0.25) is 0 Å². The van der Waals surface area contributed by atoms with Gasteiger partial charge in [-0.05, 0) is 25.1 Å². The molecule has 0 saturated heterocycles. The summed E-state index contributed by atoms with van der Waals surface area (Å²) in [7, 11) is 1.67. The summed E-state index contributed by atoms with van der Waals surface area (Å²) < 4.78 is 6.96. The number of aliphatic hydroxyl groups is 1. The van der Waals surface area contributed by atoms with Gasteiger partial charge in [0.05, 0.1) is 6.10 Å². The molecule has 0 bridgehead atoms. The van der Waals surface area contributed by atoms with Crippen LogP contribution in [-0.2, 0) is 11.8 Å². The molecule has 0 radical (unpaired) electrons. The first-order chi connectivity index (χ1) is 12.5. The Hall–Kier alpha value is -2.71. The average Bonchev–Trinajstić information content (AvgIpc) is 3.09. The molecule has 1 aromatic heterocycles. The molecule has 0 fully saturated rings. The van der Waals surface area contributed by atoms with Gasteiger partial charge in [0.15, 0.2) is 0 Å². The van der Waals surface area contributed by atoms with Gasteiger partial charge in [-0.3, -0.25) is 14.3 Å². The van der Waals surface area contributed by atoms with E-state index in [1.807, 2.05) is 6.07 Å². The summed E-state index contributed by atoms with van der Waals surface area (Å²) >= 11 is 0. The number of ether oxygens (including phenoxy) is 1. The molecule has 2 rings (SSSR count). The number of rotatable bonds is 9. The number of aryl methyl sites for hydroxylation is 1. The Labute approximate surface area is 152 Å². The number of aromatic nitrogens is 2. The quantitative estimate of drug-likeness (QED) is 0.598. The van der Waals surface area contributed by atoms with E-state index in [4.69, 9.17) is 4.74 Å². The third-order valence-electron chi connectivity index (χ3n) is 3.83. The molecule has 0 spiro atoms. The molecule has 1 aromatic carbocycles. The summed E-state index contributed by atoms with van der Waals surface area (Å²) in [5.74, 6) is -0.589. The Morgan fingerprint density at radius 1 is 1.15 bits per heavy atom. The zero-order valence-corrected chi connectivity index (χ0v) is 14.9. The number of aliphatic hydroxyl groups excluding tert-OH is 1. The van der Waals surface area contributed by atoms with Crippen LogP contribution in [0.15, 0.2) is 42.6 Å². The van der Waals surface area contributed by atoms with Gasteiger partial charge in [-0.25, -0.2) is 0 Å². The lowest BCUT2D eigenvalue weighted by Crippen LogP contribution is -2.46. The average molecular weight is 360 g/mol. The fourth-order valence-corrected chi connectivity index (χ4v) is 2.42. The topological polar surface area (TPSA) is 105 Å². The van der Waals surface area contributed by atoms with Crippen molar-refractivity contribution in [2.45, 2.75) is 19.1 Å². The Morgan fingerprint density at radius 2 is 1.85 bits per heavy atom. The molecule has 26 heavy (non-hydrogen) atoms. The maximum absolute atomic E-state index is 12.1. The van der Waals surface area contributed by atoms with Gasteiger partial charge in [0.25, 0.3) is 11.8 Å². The van der Waals surface area contributed by atoms with Crippen LogP contribution in [0.3, 0.4) is 0 Å². The van der Waals surface area contributed by atoms with Crippen LogP contribution in [0.25, 0.3) is 0 Å². The van der Waals surface area contributed by atoms with Crippen molar-refractivity contribution in [3.8, 4) is 0 Å². The molecule has 8 heteroatoms. The minimum Gasteiger partial charge on any atom is -0.388 e. The molecule has 0 unspecified atom stereocenters. The Bertz CT molecular complexity index is 717. The first kappa shape index (κ1) is 19.6. The summed E-state index contributed by atoms with van der Waals surface area (Å²) in [6, 6.07) is 10.3. The molecular formula is C18H24N4O4. The van der Waals surface area contributed by atoms with Gasteiger partial charge in [-0.15, -0.1) is 0 Å². The number of hydrogen-bond donors (Lipinski definition) is 3. The van der Waals surface area contributed by atoms with Gasteiger partial charge in [-0.1, -0.05) is 18.2 Å². The lowest BCUT2D eigenvalue weighted by Gasteiger charge is -2.23. The highest BCUT2D eigenvalue weighted by atomic mass is 16.5. The standard InChI is InChI=1S/C18H24N4O4/c1-3-26-16(12-20-18(25)14-9-10-21-22(14)2)15(23)11-19-17(24)13-7-5-4-6-8-13/h4-10,15-16,23H,3,11-12H2,1-2H3,(H,19,24)(H,20,25)/t15-,16+/m0/s1. The fourth-order valence-electron chi connectivity index (χ4n) is 2.42. The smallest absolute Gasteiger partial charge is 0.269 e. The van der Waals surface area contributed by atoms with Crippen molar-refractivity contribution in [1.29, 1.82) is 0 Å². The van der Waals surface area contributed by atoms with Gasteiger partial charge < -0.3 is 20.5 Å². The van der Waals surface area contributed by atoms with Gasteiger partial charge >= 0.3 is 0 Å². The molecule has 3 N–H and O–H groups in total. The van der Waals surface area contributed by atoms with E-state index in [-0.39, 0.29) is 24.9 Å². The van der Waals surface area contributed by atoms with Crippen molar-refractivity contribution in [2.24, 2.45) is 7.05 Å². The maximum atomic E-state index is 12.1. The molecule has 2 aromatic rings. The third-order valence-corrected chi connectivity index (χ3v) is 3.83. The highest BCUT2D eigenvalue weighted by molar-refractivity contribution is 5.94. The summed E-state index contributed by atoms with van der Waals surface area (Å²) in [5, 5.41) is 19.6. The lowest BCUT2D eigenvalue weighted by atomic mass is 10.1. The van der Waals surface area contributed by atoms with E-state index < -0.39 is 12.2 Å². The number of carbonyl (C=O) groups is 2. The summed E-state index contributed by atoms with van der Waals surface area (Å²) in [6.07, 6.45) is -0.0780. The maximum Gasteiger partial charge on any atom is 0.269 e. The van der Waals surface area contributed by atoms with E-state index in [1.165, 1.54) is 10.9 Å². The second kappa shape index (κ2) is 9.69. The first-order valence-corrected chi connectivity index (χ1v) is 8.42. The predicted octanol–water partition coefficient (Wildman–Crippen LogP) is 0.346. The molecule has 0 aliphatic carbocycles. The van der Waals surface area contributed by atoms with Gasteiger partial charge in [0.1, 0.15) is 11.8 Å². The minimum atomic E-state index is -0.963. The van der Waals surface area contributed by atoms with E-state index >= 15 is 0 Å². The van der Waals surface area contributed by atoms with Crippen molar-refractivity contribution in [2.75, 3.05) is 19.7 Å². The zero-order chi connectivity index (χ0) is 18.9. The van der Waals surface area contributed by atoms with Crippen LogP contribution in [0.5, 0.6) is 0 Å². The molecule has 0 saturated carbocycles. The molecule has 0 aliphatic heterocycles. The number of benzene rings is 1. The van der Waals surface area contributed by atoms with Crippen LogP contribution in [0.4, 0.5) is 0 Å². The van der Waals surface area contributed by atoms with Crippen LogP contribution < -0.4 is 10.6 Å². The van der Waals surface area contributed by atoms with E-state index in [2.05, 4.69) is 15.7 Å². The minimum absolute atomic E-state index is 0.0139. The molecule has 8 nitrogen and oxygen atoms in total. The number of hydrogen-bond acceptors (Lipinski definition) is 5. The molecular weight excluding hydrogens is 336 g/mol.